The lowest BCUT2D eigenvalue weighted by atomic mass is 9.89. The largest absolute Gasteiger partial charge is 0.378 e. The van der Waals surface area contributed by atoms with E-state index in [2.05, 4.69) is 22.2 Å². The number of nitrogens with zero attached hydrogens (tertiary/aromatic N) is 2. The number of thiophene rings is 1. The third-order valence-corrected chi connectivity index (χ3v) is 6.04. The molecule has 2 aromatic heterocycles. The average Bonchev–Trinajstić information content (AvgIpc) is 3.14. The molecule has 1 aliphatic carbocycles. The van der Waals surface area contributed by atoms with E-state index in [1.807, 2.05) is 11.3 Å². The van der Waals surface area contributed by atoms with E-state index in [1.165, 1.54) is 47.9 Å². The lowest BCUT2D eigenvalue weighted by molar-refractivity contribution is 0.107. The van der Waals surface area contributed by atoms with Crippen LogP contribution in [-0.4, -0.2) is 29.2 Å². The molecule has 1 aliphatic heterocycles. The maximum Gasteiger partial charge on any atom is 0.138 e. The molecule has 0 radical (unpaired) electrons. The van der Waals surface area contributed by atoms with Crippen molar-refractivity contribution >= 4 is 27.4 Å². The molecular formula is C17H23N3OS. The lowest BCUT2D eigenvalue weighted by Gasteiger charge is -2.18. The fraction of sp³-hybridized carbons (Fsp3) is 0.647. The number of anilines is 1. The molecule has 1 saturated heterocycles. The summed E-state index contributed by atoms with van der Waals surface area (Å²) < 4.78 is 5.70. The Morgan fingerprint density at radius 1 is 1.36 bits per heavy atom. The van der Waals surface area contributed by atoms with Gasteiger partial charge in [0.05, 0.1) is 11.5 Å². The first-order valence-corrected chi connectivity index (χ1v) is 9.23. The van der Waals surface area contributed by atoms with Crippen molar-refractivity contribution in [1.29, 1.82) is 0 Å². The van der Waals surface area contributed by atoms with Crippen molar-refractivity contribution in [2.45, 2.75) is 51.6 Å². The molecule has 0 bridgehead atoms. The molecule has 0 unspecified atom stereocenters. The Balaban J connectivity index is 1.55. The second kappa shape index (κ2) is 6.13. The van der Waals surface area contributed by atoms with Crippen molar-refractivity contribution in [3.63, 3.8) is 0 Å². The van der Waals surface area contributed by atoms with Crippen LogP contribution in [0, 0.1) is 5.92 Å². The van der Waals surface area contributed by atoms with Crippen LogP contribution >= 0.6 is 11.3 Å². The standard InChI is InChI=1S/C17H23N3OS/c1-11-4-5-13-14(9-11)22-17-15(13)16(19-10-20-17)18-7-6-12-3-2-8-21-12/h10-12H,2-9H2,1H3,(H,18,19,20)/t11-,12+/m0/s1. The average molecular weight is 317 g/mol. The van der Waals surface area contributed by atoms with Gasteiger partial charge in [0.15, 0.2) is 0 Å². The molecule has 4 nitrogen and oxygen atoms in total. The third-order valence-electron chi connectivity index (χ3n) is 4.87. The summed E-state index contributed by atoms with van der Waals surface area (Å²) in [4.78, 5) is 11.7. The number of aromatic nitrogens is 2. The van der Waals surface area contributed by atoms with Gasteiger partial charge >= 0.3 is 0 Å². The Morgan fingerprint density at radius 3 is 3.18 bits per heavy atom. The molecule has 22 heavy (non-hydrogen) atoms. The van der Waals surface area contributed by atoms with Gasteiger partial charge in [-0.15, -0.1) is 11.3 Å². The molecule has 5 heteroatoms. The van der Waals surface area contributed by atoms with Crippen molar-refractivity contribution < 1.29 is 4.74 Å². The maximum atomic E-state index is 5.70. The van der Waals surface area contributed by atoms with Crippen LogP contribution in [0.1, 0.15) is 43.0 Å². The summed E-state index contributed by atoms with van der Waals surface area (Å²) >= 11 is 1.86. The minimum absolute atomic E-state index is 0.432. The smallest absolute Gasteiger partial charge is 0.138 e. The second-order valence-corrected chi connectivity index (χ2v) is 7.69. The lowest BCUT2D eigenvalue weighted by Crippen LogP contribution is -2.14. The van der Waals surface area contributed by atoms with Crippen molar-refractivity contribution in [1.82, 2.24) is 9.97 Å². The van der Waals surface area contributed by atoms with E-state index >= 15 is 0 Å². The maximum absolute atomic E-state index is 5.70. The molecule has 0 amide bonds. The quantitative estimate of drug-likeness (QED) is 0.932. The first kappa shape index (κ1) is 14.4. The molecule has 1 fully saturated rings. The summed E-state index contributed by atoms with van der Waals surface area (Å²) in [5, 5.41) is 4.82. The van der Waals surface area contributed by atoms with Gasteiger partial charge in [0, 0.05) is 18.0 Å². The third kappa shape index (κ3) is 2.72. The predicted octanol–water partition coefficient (Wildman–Crippen LogP) is 3.80. The van der Waals surface area contributed by atoms with Crippen molar-refractivity contribution in [2.24, 2.45) is 5.92 Å². The Morgan fingerprint density at radius 2 is 2.32 bits per heavy atom. The summed E-state index contributed by atoms with van der Waals surface area (Å²) in [6.45, 7) is 4.20. The van der Waals surface area contributed by atoms with Gasteiger partial charge in [-0.1, -0.05) is 6.92 Å². The predicted molar refractivity (Wildman–Crippen MR) is 90.7 cm³/mol. The molecule has 118 valence electrons. The first-order chi connectivity index (χ1) is 10.8. The number of aryl methyl sites for hydroxylation is 1. The Bertz CT molecular complexity index is 663. The van der Waals surface area contributed by atoms with E-state index in [-0.39, 0.29) is 0 Å². The van der Waals surface area contributed by atoms with Gasteiger partial charge in [0.1, 0.15) is 17.0 Å². The molecule has 2 aromatic rings. The molecule has 1 N–H and O–H groups in total. The summed E-state index contributed by atoms with van der Waals surface area (Å²) in [6.07, 6.45) is 9.25. The van der Waals surface area contributed by atoms with Crippen LogP contribution in [0.25, 0.3) is 10.2 Å². The molecule has 2 aliphatic rings. The summed E-state index contributed by atoms with van der Waals surface area (Å²) in [7, 11) is 0. The topological polar surface area (TPSA) is 47.0 Å². The molecule has 0 aromatic carbocycles. The molecule has 3 heterocycles. The minimum Gasteiger partial charge on any atom is -0.378 e. The highest BCUT2D eigenvalue weighted by atomic mass is 32.1. The Labute approximate surface area is 135 Å². The van der Waals surface area contributed by atoms with E-state index in [9.17, 15) is 0 Å². The van der Waals surface area contributed by atoms with Gasteiger partial charge in [-0.2, -0.15) is 0 Å². The summed E-state index contributed by atoms with van der Waals surface area (Å²) in [5.74, 6) is 1.82. The fourth-order valence-electron chi connectivity index (χ4n) is 3.63. The number of ether oxygens (including phenoxy) is 1. The van der Waals surface area contributed by atoms with Gasteiger partial charge in [0.25, 0.3) is 0 Å². The number of hydrogen-bond acceptors (Lipinski definition) is 5. The minimum atomic E-state index is 0.432. The zero-order valence-electron chi connectivity index (χ0n) is 13.1. The zero-order valence-corrected chi connectivity index (χ0v) is 13.9. The normalized spacial score (nSPS) is 24.6. The van der Waals surface area contributed by atoms with Crippen molar-refractivity contribution in [2.75, 3.05) is 18.5 Å². The van der Waals surface area contributed by atoms with E-state index in [0.29, 0.717) is 6.10 Å². The monoisotopic (exact) mass is 317 g/mol. The van der Waals surface area contributed by atoms with Crippen LogP contribution < -0.4 is 5.32 Å². The van der Waals surface area contributed by atoms with E-state index in [4.69, 9.17) is 4.74 Å². The van der Waals surface area contributed by atoms with Gasteiger partial charge in [-0.3, -0.25) is 0 Å². The van der Waals surface area contributed by atoms with Crippen LogP contribution in [0.2, 0.25) is 0 Å². The number of rotatable bonds is 4. The van der Waals surface area contributed by atoms with Gasteiger partial charge in [-0.05, 0) is 50.0 Å². The SMILES string of the molecule is C[C@H]1CCc2c(sc3ncnc(NCC[C@H]4CCCO4)c23)C1. The molecule has 0 spiro atoms. The molecule has 0 saturated carbocycles. The van der Waals surface area contributed by atoms with Crippen LogP contribution in [0.5, 0.6) is 0 Å². The summed E-state index contributed by atoms with van der Waals surface area (Å²) in [5.41, 5.74) is 1.50. The Hall–Kier alpha value is -1.20. The number of nitrogens with one attached hydrogen (secondary N) is 1. The van der Waals surface area contributed by atoms with Crippen LogP contribution in [-0.2, 0) is 17.6 Å². The fourth-order valence-corrected chi connectivity index (χ4v) is 4.98. The molecule has 2 atom stereocenters. The highest BCUT2D eigenvalue weighted by Gasteiger charge is 2.23. The van der Waals surface area contributed by atoms with Crippen molar-refractivity contribution in [3.05, 3.63) is 16.8 Å². The summed E-state index contributed by atoms with van der Waals surface area (Å²) in [6, 6.07) is 0. The Kier molecular flexibility index (Phi) is 4.01. The van der Waals surface area contributed by atoms with E-state index < -0.39 is 0 Å². The molecule has 4 rings (SSSR count). The second-order valence-electron chi connectivity index (χ2n) is 6.60. The van der Waals surface area contributed by atoms with Gasteiger partial charge in [0.2, 0.25) is 0 Å². The first-order valence-electron chi connectivity index (χ1n) is 8.42. The van der Waals surface area contributed by atoms with Crippen LogP contribution in [0.3, 0.4) is 0 Å². The highest BCUT2D eigenvalue weighted by Crippen LogP contribution is 2.39. The van der Waals surface area contributed by atoms with Gasteiger partial charge < -0.3 is 10.1 Å². The van der Waals surface area contributed by atoms with E-state index in [1.54, 1.807) is 6.33 Å². The van der Waals surface area contributed by atoms with Crippen LogP contribution in [0.4, 0.5) is 5.82 Å². The van der Waals surface area contributed by atoms with Crippen molar-refractivity contribution in [3.8, 4) is 0 Å². The zero-order chi connectivity index (χ0) is 14.9. The highest BCUT2D eigenvalue weighted by molar-refractivity contribution is 7.19. The number of fused-ring (bicyclic) bond motifs is 3. The van der Waals surface area contributed by atoms with E-state index in [0.717, 1.165) is 36.1 Å². The van der Waals surface area contributed by atoms with Crippen LogP contribution in [0.15, 0.2) is 6.33 Å². The molecular weight excluding hydrogens is 294 g/mol. The van der Waals surface area contributed by atoms with Gasteiger partial charge in [-0.25, -0.2) is 9.97 Å². The number of hydrogen-bond donors (Lipinski definition) is 1.